The molecule has 1 aromatic carbocycles. The van der Waals surface area contributed by atoms with Gasteiger partial charge in [-0.25, -0.2) is 4.98 Å². The van der Waals surface area contributed by atoms with Crippen molar-refractivity contribution in [3.63, 3.8) is 0 Å². The number of hydrogen-bond acceptors (Lipinski definition) is 4. The SMILES string of the molecule is Cc1ncsc1C(=O)Nc1ccc(O)c(Cl)c1. The quantitative estimate of drug-likeness (QED) is 0.823. The number of aryl methyl sites for hydroxylation is 1. The summed E-state index contributed by atoms with van der Waals surface area (Å²) in [5.74, 6) is -0.245. The average molecular weight is 269 g/mol. The Kier molecular flexibility index (Phi) is 3.31. The number of aromatic nitrogens is 1. The fraction of sp³-hybridized carbons (Fsp3) is 0.0909. The van der Waals surface area contributed by atoms with E-state index >= 15 is 0 Å². The van der Waals surface area contributed by atoms with E-state index in [1.54, 1.807) is 18.5 Å². The van der Waals surface area contributed by atoms with Gasteiger partial charge in [-0.3, -0.25) is 4.79 Å². The zero-order chi connectivity index (χ0) is 12.4. The molecule has 1 amide bonds. The van der Waals surface area contributed by atoms with Crippen LogP contribution in [0.2, 0.25) is 5.02 Å². The molecule has 0 saturated heterocycles. The van der Waals surface area contributed by atoms with E-state index in [0.29, 0.717) is 16.3 Å². The maximum Gasteiger partial charge on any atom is 0.267 e. The second-order valence-corrected chi connectivity index (χ2v) is 4.65. The number of phenols is 1. The van der Waals surface area contributed by atoms with Crippen LogP contribution in [0.25, 0.3) is 0 Å². The molecule has 0 bridgehead atoms. The molecule has 2 aromatic rings. The highest BCUT2D eigenvalue weighted by Crippen LogP contribution is 2.26. The van der Waals surface area contributed by atoms with E-state index in [2.05, 4.69) is 10.3 Å². The summed E-state index contributed by atoms with van der Waals surface area (Å²) >= 11 is 7.02. The molecule has 0 aliphatic rings. The normalized spacial score (nSPS) is 10.2. The van der Waals surface area contributed by atoms with Crippen LogP contribution in [0.1, 0.15) is 15.4 Å². The minimum absolute atomic E-state index is 0.0152. The van der Waals surface area contributed by atoms with Crippen LogP contribution in [0.3, 0.4) is 0 Å². The van der Waals surface area contributed by atoms with Crippen molar-refractivity contribution in [2.24, 2.45) is 0 Å². The van der Waals surface area contributed by atoms with E-state index in [1.807, 2.05) is 0 Å². The van der Waals surface area contributed by atoms with Crippen molar-refractivity contribution in [1.29, 1.82) is 0 Å². The molecule has 0 saturated carbocycles. The van der Waals surface area contributed by atoms with Gasteiger partial charge in [0.1, 0.15) is 10.6 Å². The van der Waals surface area contributed by atoms with Crippen molar-refractivity contribution >= 4 is 34.5 Å². The van der Waals surface area contributed by atoms with Crippen LogP contribution in [0, 0.1) is 6.92 Å². The Balaban J connectivity index is 2.19. The molecule has 2 rings (SSSR count). The number of hydrogen-bond donors (Lipinski definition) is 2. The van der Waals surface area contributed by atoms with Crippen molar-refractivity contribution in [1.82, 2.24) is 4.98 Å². The topological polar surface area (TPSA) is 62.2 Å². The third-order valence-electron chi connectivity index (χ3n) is 2.16. The number of halogens is 1. The van der Waals surface area contributed by atoms with Crippen molar-refractivity contribution in [2.75, 3.05) is 5.32 Å². The van der Waals surface area contributed by atoms with Crippen LogP contribution in [0.15, 0.2) is 23.7 Å². The van der Waals surface area contributed by atoms with Gasteiger partial charge >= 0.3 is 0 Å². The fourth-order valence-electron chi connectivity index (χ4n) is 1.29. The maximum absolute atomic E-state index is 11.8. The molecule has 0 atom stereocenters. The molecule has 0 fully saturated rings. The highest BCUT2D eigenvalue weighted by molar-refractivity contribution is 7.12. The van der Waals surface area contributed by atoms with Gasteiger partial charge in [0.25, 0.3) is 5.91 Å². The van der Waals surface area contributed by atoms with Gasteiger partial charge < -0.3 is 10.4 Å². The molecule has 0 radical (unpaired) electrons. The molecule has 17 heavy (non-hydrogen) atoms. The first-order valence-corrected chi connectivity index (χ1v) is 6.03. The van der Waals surface area contributed by atoms with Gasteiger partial charge in [-0.1, -0.05) is 11.6 Å². The molecule has 6 heteroatoms. The minimum atomic E-state index is -0.230. The summed E-state index contributed by atoms with van der Waals surface area (Å²) in [5, 5.41) is 12.1. The molecular weight excluding hydrogens is 260 g/mol. The maximum atomic E-state index is 11.8. The minimum Gasteiger partial charge on any atom is -0.506 e. The third-order valence-corrected chi connectivity index (χ3v) is 3.39. The molecule has 88 valence electrons. The standard InChI is InChI=1S/C11H9ClN2O2S/c1-6-10(17-5-13-6)11(16)14-7-2-3-9(15)8(12)4-7/h2-5,15H,1H3,(H,14,16). The number of thiazole rings is 1. The number of nitrogens with one attached hydrogen (secondary N) is 1. The van der Waals surface area contributed by atoms with Gasteiger partial charge in [-0.05, 0) is 25.1 Å². The number of phenolic OH excluding ortho intramolecular Hbond substituents is 1. The van der Waals surface area contributed by atoms with Crippen LogP contribution in [0.5, 0.6) is 5.75 Å². The van der Waals surface area contributed by atoms with E-state index in [0.717, 1.165) is 0 Å². The number of amides is 1. The lowest BCUT2D eigenvalue weighted by Crippen LogP contribution is -2.11. The number of aromatic hydroxyl groups is 1. The lowest BCUT2D eigenvalue weighted by Gasteiger charge is -2.05. The van der Waals surface area contributed by atoms with Crippen molar-refractivity contribution in [3.05, 3.63) is 39.3 Å². The Morgan fingerprint density at radius 1 is 1.53 bits per heavy atom. The van der Waals surface area contributed by atoms with Gasteiger partial charge in [-0.15, -0.1) is 11.3 Å². The molecule has 1 heterocycles. The molecule has 1 aromatic heterocycles. The van der Waals surface area contributed by atoms with Gasteiger partial charge in [-0.2, -0.15) is 0 Å². The lowest BCUT2D eigenvalue weighted by atomic mass is 10.3. The molecular formula is C11H9ClN2O2S. The smallest absolute Gasteiger partial charge is 0.267 e. The summed E-state index contributed by atoms with van der Waals surface area (Å²) in [6.45, 7) is 1.77. The third kappa shape index (κ3) is 2.57. The lowest BCUT2D eigenvalue weighted by molar-refractivity contribution is 0.103. The summed E-state index contributed by atoms with van der Waals surface area (Å²) in [6, 6.07) is 4.50. The summed E-state index contributed by atoms with van der Waals surface area (Å²) in [4.78, 5) is 16.4. The van der Waals surface area contributed by atoms with E-state index in [9.17, 15) is 9.90 Å². The van der Waals surface area contributed by atoms with Crippen molar-refractivity contribution in [3.8, 4) is 5.75 Å². The van der Waals surface area contributed by atoms with E-state index in [-0.39, 0.29) is 16.7 Å². The number of nitrogens with zero attached hydrogens (tertiary/aromatic N) is 1. The van der Waals surface area contributed by atoms with E-state index in [1.165, 1.54) is 23.5 Å². The Bertz CT molecular complexity index is 568. The monoisotopic (exact) mass is 268 g/mol. The molecule has 0 aliphatic carbocycles. The van der Waals surface area contributed by atoms with Crippen LogP contribution in [0.4, 0.5) is 5.69 Å². The second kappa shape index (κ2) is 4.73. The van der Waals surface area contributed by atoms with E-state index in [4.69, 9.17) is 11.6 Å². The van der Waals surface area contributed by atoms with E-state index < -0.39 is 0 Å². The zero-order valence-electron chi connectivity index (χ0n) is 8.90. The van der Waals surface area contributed by atoms with Gasteiger partial charge in [0.15, 0.2) is 0 Å². The summed E-state index contributed by atoms with van der Waals surface area (Å²) in [5.41, 5.74) is 2.84. The zero-order valence-corrected chi connectivity index (χ0v) is 10.5. The first-order valence-electron chi connectivity index (χ1n) is 4.78. The van der Waals surface area contributed by atoms with Crippen molar-refractivity contribution in [2.45, 2.75) is 6.92 Å². The summed E-state index contributed by atoms with van der Waals surface area (Å²) in [6.07, 6.45) is 0. The molecule has 2 N–H and O–H groups in total. The van der Waals surface area contributed by atoms with Crippen LogP contribution >= 0.6 is 22.9 Å². The number of carbonyl (C=O) groups is 1. The molecule has 4 nitrogen and oxygen atoms in total. The number of benzene rings is 1. The predicted octanol–water partition coefficient (Wildman–Crippen LogP) is 3.06. The Morgan fingerprint density at radius 3 is 2.88 bits per heavy atom. The first-order chi connectivity index (χ1) is 8.08. The fourth-order valence-corrected chi connectivity index (χ4v) is 2.17. The predicted molar refractivity (Wildman–Crippen MR) is 67.9 cm³/mol. The molecule has 0 unspecified atom stereocenters. The number of rotatable bonds is 2. The summed E-state index contributed by atoms with van der Waals surface area (Å²) in [7, 11) is 0. The highest BCUT2D eigenvalue weighted by Gasteiger charge is 2.12. The van der Waals surface area contributed by atoms with Crippen LogP contribution < -0.4 is 5.32 Å². The highest BCUT2D eigenvalue weighted by atomic mass is 35.5. The number of carbonyl (C=O) groups excluding carboxylic acids is 1. The van der Waals surface area contributed by atoms with Crippen molar-refractivity contribution < 1.29 is 9.90 Å². The van der Waals surface area contributed by atoms with Gasteiger partial charge in [0, 0.05) is 5.69 Å². The largest absolute Gasteiger partial charge is 0.506 e. The summed E-state index contributed by atoms with van der Waals surface area (Å²) < 4.78 is 0. The Morgan fingerprint density at radius 2 is 2.29 bits per heavy atom. The molecule has 0 spiro atoms. The first kappa shape index (κ1) is 11.9. The number of anilines is 1. The average Bonchev–Trinajstić information content (AvgIpc) is 2.70. The van der Waals surface area contributed by atoms with Gasteiger partial charge in [0.05, 0.1) is 16.2 Å². The second-order valence-electron chi connectivity index (χ2n) is 3.39. The Labute approximate surface area is 107 Å². The van der Waals surface area contributed by atoms with Gasteiger partial charge in [0.2, 0.25) is 0 Å². The molecule has 0 aliphatic heterocycles. The van der Waals surface area contributed by atoms with Crippen LogP contribution in [-0.2, 0) is 0 Å². The van der Waals surface area contributed by atoms with Crippen LogP contribution in [-0.4, -0.2) is 16.0 Å². The Hall–Kier alpha value is -1.59.